The number of hydrogen-bond donors (Lipinski definition) is 5. The van der Waals surface area contributed by atoms with Gasteiger partial charge in [-0.15, -0.1) is 0 Å². The van der Waals surface area contributed by atoms with Crippen molar-refractivity contribution in [2.45, 2.75) is 38.1 Å². The Labute approximate surface area is 120 Å². The van der Waals surface area contributed by atoms with Crippen LogP contribution in [0.25, 0.3) is 0 Å². The number of aromatic amines is 1. The molecule has 6 N–H and O–H groups in total. The molecule has 0 saturated carbocycles. The zero-order valence-corrected chi connectivity index (χ0v) is 11.5. The lowest BCUT2D eigenvalue weighted by Crippen LogP contribution is -2.55. The molecule has 1 fully saturated rings. The Morgan fingerprint density at radius 3 is 2.81 bits per heavy atom. The quantitative estimate of drug-likeness (QED) is 0.426. The van der Waals surface area contributed by atoms with Crippen molar-refractivity contribution in [1.82, 2.24) is 9.97 Å². The van der Waals surface area contributed by atoms with Gasteiger partial charge >= 0.3 is 5.69 Å². The van der Waals surface area contributed by atoms with Crippen molar-refractivity contribution in [2.75, 3.05) is 12.3 Å². The maximum Gasteiger partial charge on any atom is 0.346 e. The van der Waals surface area contributed by atoms with Crippen LogP contribution in [0.5, 0.6) is 0 Å². The summed E-state index contributed by atoms with van der Waals surface area (Å²) in [6.07, 6.45) is -2.82. The predicted octanol–water partition coefficient (Wildman–Crippen LogP) is -2.06. The molecule has 2 rings (SSSR count). The van der Waals surface area contributed by atoms with E-state index in [9.17, 15) is 20.1 Å². The van der Waals surface area contributed by atoms with Crippen LogP contribution in [0.15, 0.2) is 11.0 Å². The maximum atomic E-state index is 10.9. The largest absolute Gasteiger partial charge is 0.394 e. The normalized spacial score (nSPS) is 33.0. The van der Waals surface area contributed by atoms with E-state index in [0.29, 0.717) is 5.56 Å². The number of aliphatic hydroxyl groups is 3. The molecule has 0 amide bonds. The smallest absolute Gasteiger partial charge is 0.346 e. The second-order valence-corrected chi connectivity index (χ2v) is 5.00. The summed E-state index contributed by atoms with van der Waals surface area (Å²) in [5, 5.41) is 29.0. The fraction of sp³-hybridized carbons (Fsp3) is 0.667. The average Bonchev–Trinajstić information content (AvgIpc) is 2.46. The zero-order valence-electron chi connectivity index (χ0n) is 11.5. The highest BCUT2D eigenvalue weighted by molar-refractivity contribution is 5.35. The van der Waals surface area contributed by atoms with Gasteiger partial charge in [-0.2, -0.15) is 0 Å². The monoisotopic (exact) mass is 301 g/mol. The lowest BCUT2D eigenvalue weighted by atomic mass is 9.91. The van der Waals surface area contributed by atoms with Gasteiger partial charge in [-0.1, -0.05) is 6.92 Å². The maximum absolute atomic E-state index is 10.9. The van der Waals surface area contributed by atoms with Crippen molar-refractivity contribution >= 4 is 5.82 Å². The number of ether oxygens (including phenoxy) is 2. The van der Waals surface area contributed by atoms with E-state index in [1.807, 2.05) is 0 Å². The van der Waals surface area contributed by atoms with Gasteiger partial charge in [0, 0.05) is 17.7 Å². The Bertz CT molecular complexity index is 534. The Morgan fingerprint density at radius 1 is 1.48 bits per heavy atom. The van der Waals surface area contributed by atoms with Gasteiger partial charge in [-0.25, -0.2) is 9.78 Å². The first-order chi connectivity index (χ1) is 9.93. The summed E-state index contributed by atoms with van der Waals surface area (Å²) in [5.41, 5.74) is 5.45. The molecule has 1 aliphatic heterocycles. The average molecular weight is 301 g/mol. The molecule has 21 heavy (non-hydrogen) atoms. The summed E-state index contributed by atoms with van der Waals surface area (Å²) >= 11 is 0. The van der Waals surface area contributed by atoms with Crippen molar-refractivity contribution in [1.29, 1.82) is 0 Å². The topological polar surface area (TPSA) is 151 Å². The highest BCUT2D eigenvalue weighted by atomic mass is 16.7. The molecule has 1 saturated heterocycles. The molecule has 9 heteroatoms. The number of nitrogens with zero attached hydrogens (tertiary/aromatic N) is 1. The second-order valence-electron chi connectivity index (χ2n) is 5.00. The zero-order chi connectivity index (χ0) is 15.6. The molecule has 5 atom stereocenters. The van der Waals surface area contributed by atoms with E-state index in [-0.39, 0.29) is 19.0 Å². The molecule has 0 aliphatic carbocycles. The van der Waals surface area contributed by atoms with Gasteiger partial charge in [0.05, 0.1) is 25.4 Å². The summed E-state index contributed by atoms with van der Waals surface area (Å²) < 4.78 is 10.8. The summed E-state index contributed by atoms with van der Waals surface area (Å²) in [6.45, 7) is 1.29. The molecule has 1 aliphatic rings. The first kappa shape index (κ1) is 15.9. The fourth-order valence-corrected chi connectivity index (χ4v) is 2.14. The molecule has 9 nitrogen and oxygen atoms in total. The standard InChI is InChI=1S/C12H19N3O6/c1-5-7(3-16)21-11(9(18)8(5)17)20-4-6-2-14-12(19)15-10(6)13/h2,5,7-9,11,16-18H,3-4H2,1H3,(H3,13,14,15,19). The number of nitrogens with two attached hydrogens (primary N) is 1. The van der Waals surface area contributed by atoms with Crippen molar-refractivity contribution in [3.05, 3.63) is 22.2 Å². The fourth-order valence-electron chi connectivity index (χ4n) is 2.14. The number of H-pyrrole nitrogens is 1. The van der Waals surface area contributed by atoms with Gasteiger partial charge in [0.15, 0.2) is 6.29 Å². The Kier molecular flexibility index (Phi) is 4.91. The number of nitrogens with one attached hydrogen (secondary N) is 1. The molecule has 0 aromatic carbocycles. The van der Waals surface area contributed by atoms with Crippen LogP contribution in [0, 0.1) is 5.92 Å². The van der Waals surface area contributed by atoms with Gasteiger partial charge in [-0.3, -0.25) is 4.98 Å². The minimum Gasteiger partial charge on any atom is -0.394 e. The van der Waals surface area contributed by atoms with E-state index < -0.39 is 36.2 Å². The SMILES string of the molecule is CC1C(CO)OC(OCc2cnc(=O)[nH]c2N)C(O)C1O. The summed E-state index contributed by atoms with van der Waals surface area (Å²) in [4.78, 5) is 16.8. The van der Waals surface area contributed by atoms with Crippen LogP contribution in [0.3, 0.4) is 0 Å². The van der Waals surface area contributed by atoms with Crippen LogP contribution in [0.4, 0.5) is 5.82 Å². The van der Waals surface area contributed by atoms with E-state index >= 15 is 0 Å². The molecule has 118 valence electrons. The van der Waals surface area contributed by atoms with Crippen LogP contribution in [0.1, 0.15) is 12.5 Å². The molecular weight excluding hydrogens is 282 g/mol. The van der Waals surface area contributed by atoms with Crippen molar-refractivity contribution in [3.8, 4) is 0 Å². The number of nitrogen functional groups attached to an aromatic ring is 1. The molecule has 5 unspecified atom stereocenters. The Morgan fingerprint density at radius 2 is 2.19 bits per heavy atom. The van der Waals surface area contributed by atoms with Crippen LogP contribution in [0.2, 0.25) is 0 Å². The van der Waals surface area contributed by atoms with Gasteiger partial charge in [0.1, 0.15) is 11.9 Å². The molecule has 0 spiro atoms. The van der Waals surface area contributed by atoms with Crippen molar-refractivity contribution in [3.63, 3.8) is 0 Å². The number of hydrogen-bond acceptors (Lipinski definition) is 8. The third-order valence-corrected chi connectivity index (χ3v) is 3.57. The Balaban J connectivity index is 2.03. The van der Waals surface area contributed by atoms with E-state index in [0.717, 1.165) is 0 Å². The second kappa shape index (κ2) is 6.50. The minimum atomic E-state index is -1.25. The van der Waals surface area contributed by atoms with Crippen LogP contribution in [-0.2, 0) is 16.1 Å². The van der Waals surface area contributed by atoms with Crippen molar-refractivity contribution < 1.29 is 24.8 Å². The van der Waals surface area contributed by atoms with Crippen LogP contribution >= 0.6 is 0 Å². The number of aliphatic hydroxyl groups excluding tert-OH is 3. The summed E-state index contributed by atoms with van der Waals surface area (Å²) in [7, 11) is 0. The minimum absolute atomic E-state index is 0.0728. The molecule has 2 heterocycles. The lowest BCUT2D eigenvalue weighted by molar-refractivity contribution is -0.291. The highest BCUT2D eigenvalue weighted by Crippen LogP contribution is 2.27. The number of aromatic nitrogens is 2. The number of rotatable bonds is 4. The van der Waals surface area contributed by atoms with Gasteiger partial charge in [-0.05, 0) is 0 Å². The predicted molar refractivity (Wildman–Crippen MR) is 71.0 cm³/mol. The molecule has 1 aromatic rings. The van der Waals surface area contributed by atoms with E-state index in [4.69, 9.17) is 15.2 Å². The van der Waals surface area contributed by atoms with Crippen LogP contribution < -0.4 is 11.4 Å². The molecule has 0 radical (unpaired) electrons. The first-order valence-electron chi connectivity index (χ1n) is 6.51. The lowest BCUT2D eigenvalue weighted by Gasteiger charge is -2.40. The molecular formula is C12H19N3O6. The summed E-state index contributed by atoms with van der Waals surface area (Å²) in [6, 6.07) is 0. The number of anilines is 1. The molecule has 1 aromatic heterocycles. The first-order valence-corrected chi connectivity index (χ1v) is 6.51. The van der Waals surface area contributed by atoms with Gasteiger partial charge < -0.3 is 30.5 Å². The van der Waals surface area contributed by atoms with E-state index in [1.54, 1.807) is 6.92 Å². The van der Waals surface area contributed by atoms with Gasteiger partial charge in [0.25, 0.3) is 0 Å². The van der Waals surface area contributed by atoms with E-state index in [1.165, 1.54) is 6.20 Å². The van der Waals surface area contributed by atoms with Crippen molar-refractivity contribution in [2.24, 2.45) is 5.92 Å². The van der Waals surface area contributed by atoms with Crippen LogP contribution in [-0.4, -0.2) is 56.5 Å². The highest BCUT2D eigenvalue weighted by Gasteiger charge is 2.42. The molecule has 0 bridgehead atoms. The summed E-state index contributed by atoms with van der Waals surface area (Å²) in [5.74, 6) is -0.322. The van der Waals surface area contributed by atoms with E-state index in [2.05, 4.69) is 9.97 Å². The Hall–Kier alpha value is -1.52. The third-order valence-electron chi connectivity index (χ3n) is 3.57. The van der Waals surface area contributed by atoms with Gasteiger partial charge in [0.2, 0.25) is 0 Å². The third kappa shape index (κ3) is 3.39.